The van der Waals surface area contributed by atoms with Crippen LogP contribution < -0.4 is 10.1 Å². The standard InChI is InChI=1S/C14H17NO2/c1-9-5-10-7-12(8-15-11-3-4-11)17-14(10)13(6-9)16-2/h5-7,11,15H,3-4,8H2,1-2H3. The van der Waals surface area contributed by atoms with Gasteiger partial charge < -0.3 is 14.5 Å². The molecule has 3 rings (SSSR count). The number of nitrogens with one attached hydrogen (secondary N) is 1. The molecule has 3 nitrogen and oxygen atoms in total. The molecule has 1 saturated carbocycles. The fraction of sp³-hybridized carbons (Fsp3) is 0.429. The third-order valence-corrected chi connectivity index (χ3v) is 3.14. The monoisotopic (exact) mass is 231 g/mol. The zero-order valence-electron chi connectivity index (χ0n) is 10.2. The highest BCUT2D eigenvalue weighted by Crippen LogP contribution is 2.30. The summed E-state index contributed by atoms with van der Waals surface area (Å²) in [6, 6.07) is 6.93. The van der Waals surface area contributed by atoms with Gasteiger partial charge in [0.05, 0.1) is 13.7 Å². The number of methoxy groups -OCH3 is 1. The van der Waals surface area contributed by atoms with E-state index in [1.807, 2.05) is 6.07 Å². The van der Waals surface area contributed by atoms with Crippen LogP contribution in [0.3, 0.4) is 0 Å². The van der Waals surface area contributed by atoms with Crippen molar-refractivity contribution in [2.45, 2.75) is 32.4 Å². The fourth-order valence-electron chi connectivity index (χ4n) is 2.09. The van der Waals surface area contributed by atoms with Crippen LogP contribution in [0, 0.1) is 6.92 Å². The molecule has 1 aromatic carbocycles. The van der Waals surface area contributed by atoms with Gasteiger partial charge in [-0.2, -0.15) is 0 Å². The molecule has 0 aliphatic heterocycles. The molecule has 1 aromatic heterocycles. The van der Waals surface area contributed by atoms with Gasteiger partial charge in [-0.3, -0.25) is 0 Å². The van der Waals surface area contributed by atoms with Crippen LogP contribution in [0.1, 0.15) is 24.2 Å². The second kappa shape index (κ2) is 4.08. The lowest BCUT2D eigenvalue weighted by Crippen LogP contribution is -2.14. The van der Waals surface area contributed by atoms with E-state index in [1.54, 1.807) is 7.11 Å². The average Bonchev–Trinajstić information content (AvgIpc) is 3.05. The van der Waals surface area contributed by atoms with Crippen LogP contribution in [0.2, 0.25) is 0 Å². The molecule has 2 aromatic rings. The number of aryl methyl sites for hydroxylation is 1. The van der Waals surface area contributed by atoms with Crippen LogP contribution >= 0.6 is 0 Å². The summed E-state index contributed by atoms with van der Waals surface area (Å²) in [6.07, 6.45) is 2.59. The summed E-state index contributed by atoms with van der Waals surface area (Å²) >= 11 is 0. The third kappa shape index (κ3) is 2.15. The number of hydrogen-bond acceptors (Lipinski definition) is 3. The van der Waals surface area contributed by atoms with Crippen molar-refractivity contribution in [1.29, 1.82) is 0 Å². The summed E-state index contributed by atoms with van der Waals surface area (Å²) in [5.41, 5.74) is 2.04. The van der Waals surface area contributed by atoms with Crippen LogP contribution in [0.25, 0.3) is 11.0 Å². The first-order chi connectivity index (χ1) is 8.26. The minimum Gasteiger partial charge on any atom is -0.493 e. The van der Waals surface area contributed by atoms with E-state index >= 15 is 0 Å². The summed E-state index contributed by atoms with van der Waals surface area (Å²) in [4.78, 5) is 0. The van der Waals surface area contributed by atoms with Crippen LogP contribution in [0.4, 0.5) is 0 Å². The van der Waals surface area contributed by atoms with E-state index in [9.17, 15) is 0 Å². The van der Waals surface area contributed by atoms with E-state index in [0.29, 0.717) is 6.04 Å². The Morgan fingerprint density at radius 3 is 2.88 bits per heavy atom. The maximum atomic E-state index is 5.84. The molecule has 1 fully saturated rings. The summed E-state index contributed by atoms with van der Waals surface area (Å²) in [7, 11) is 1.68. The quantitative estimate of drug-likeness (QED) is 0.878. The predicted octanol–water partition coefficient (Wildman–Crippen LogP) is 3.00. The van der Waals surface area contributed by atoms with Gasteiger partial charge in [0.1, 0.15) is 5.76 Å². The SMILES string of the molecule is COc1cc(C)cc2cc(CNC3CC3)oc12. The lowest BCUT2D eigenvalue weighted by atomic mass is 10.1. The first-order valence-electron chi connectivity index (χ1n) is 6.06. The third-order valence-electron chi connectivity index (χ3n) is 3.14. The lowest BCUT2D eigenvalue weighted by molar-refractivity contribution is 0.406. The van der Waals surface area contributed by atoms with Crippen LogP contribution in [-0.2, 0) is 6.54 Å². The second-order valence-electron chi connectivity index (χ2n) is 4.75. The topological polar surface area (TPSA) is 34.4 Å². The Morgan fingerprint density at radius 1 is 1.35 bits per heavy atom. The Morgan fingerprint density at radius 2 is 2.18 bits per heavy atom. The maximum absolute atomic E-state index is 5.84. The Hall–Kier alpha value is -1.48. The smallest absolute Gasteiger partial charge is 0.176 e. The van der Waals surface area contributed by atoms with E-state index in [4.69, 9.17) is 9.15 Å². The minimum absolute atomic E-state index is 0.701. The van der Waals surface area contributed by atoms with Gasteiger partial charge in [-0.25, -0.2) is 0 Å². The van der Waals surface area contributed by atoms with E-state index in [0.717, 1.165) is 29.0 Å². The second-order valence-corrected chi connectivity index (χ2v) is 4.75. The molecule has 1 aliphatic rings. The summed E-state index contributed by atoms with van der Waals surface area (Å²) in [5.74, 6) is 1.80. The van der Waals surface area contributed by atoms with Crippen LogP contribution in [0.5, 0.6) is 5.75 Å². The summed E-state index contributed by atoms with van der Waals surface area (Å²) in [6.45, 7) is 2.87. The Labute approximate surface area is 101 Å². The Kier molecular flexibility index (Phi) is 2.56. The van der Waals surface area contributed by atoms with E-state index in [-0.39, 0.29) is 0 Å². The largest absolute Gasteiger partial charge is 0.493 e. The molecule has 17 heavy (non-hydrogen) atoms. The van der Waals surface area contributed by atoms with Crippen molar-refractivity contribution >= 4 is 11.0 Å². The van der Waals surface area contributed by atoms with Gasteiger partial charge in [0.15, 0.2) is 11.3 Å². The van der Waals surface area contributed by atoms with Gasteiger partial charge in [0.25, 0.3) is 0 Å². The van der Waals surface area contributed by atoms with Crippen LogP contribution in [-0.4, -0.2) is 13.2 Å². The van der Waals surface area contributed by atoms with Gasteiger partial charge in [0.2, 0.25) is 0 Å². The van der Waals surface area contributed by atoms with Crippen molar-refractivity contribution in [3.05, 3.63) is 29.5 Å². The van der Waals surface area contributed by atoms with Crippen molar-refractivity contribution < 1.29 is 9.15 Å². The Balaban J connectivity index is 1.92. The van der Waals surface area contributed by atoms with Crippen LogP contribution in [0.15, 0.2) is 22.6 Å². The average molecular weight is 231 g/mol. The molecule has 0 radical (unpaired) electrons. The van der Waals surface area contributed by atoms with E-state index in [2.05, 4.69) is 24.4 Å². The first kappa shape index (κ1) is 10.7. The van der Waals surface area contributed by atoms with Crippen molar-refractivity contribution in [1.82, 2.24) is 5.32 Å². The fourth-order valence-corrected chi connectivity index (χ4v) is 2.09. The van der Waals surface area contributed by atoms with E-state index in [1.165, 1.54) is 18.4 Å². The molecule has 1 N–H and O–H groups in total. The highest BCUT2D eigenvalue weighted by Gasteiger charge is 2.20. The van der Waals surface area contributed by atoms with Gasteiger partial charge in [-0.05, 0) is 43.5 Å². The minimum atomic E-state index is 0.701. The normalized spacial score (nSPS) is 15.4. The Bertz CT molecular complexity index is 540. The van der Waals surface area contributed by atoms with E-state index < -0.39 is 0 Å². The molecule has 90 valence electrons. The number of furan rings is 1. The predicted molar refractivity (Wildman–Crippen MR) is 67.4 cm³/mol. The lowest BCUT2D eigenvalue weighted by Gasteiger charge is -2.01. The zero-order valence-corrected chi connectivity index (χ0v) is 10.2. The molecule has 0 atom stereocenters. The highest BCUT2D eigenvalue weighted by molar-refractivity contribution is 5.84. The molecule has 0 saturated heterocycles. The molecular weight excluding hydrogens is 214 g/mol. The van der Waals surface area contributed by atoms with Gasteiger partial charge in [-0.1, -0.05) is 0 Å². The molecule has 0 spiro atoms. The first-order valence-corrected chi connectivity index (χ1v) is 6.06. The summed E-state index contributed by atoms with van der Waals surface area (Å²) < 4.78 is 11.2. The molecule has 0 unspecified atom stereocenters. The molecule has 1 heterocycles. The van der Waals surface area contributed by atoms with Crippen molar-refractivity contribution in [3.8, 4) is 5.75 Å². The van der Waals surface area contributed by atoms with Gasteiger partial charge in [-0.15, -0.1) is 0 Å². The number of ether oxygens (including phenoxy) is 1. The maximum Gasteiger partial charge on any atom is 0.176 e. The number of benzene rings is 1. The molecule has 1 aliphatic carbocycles. The van der Waals surface area contributed by atoms with Crippen molar-refractivity contribution in [2.24, 2.45) is 0 Å². The number of rotatable bonds is 4. The van der Waals surface area contributed by atoms with Gasteiger partial charge in [0, 0.05) is 11.4 Å². The van der Waals surface area contributed by atoms with Crippen molar-refractivity contribution in [2.75, 3.05) is 7.11 Å². The van der Waals surface area contributed by atoms with Gasteiger partial charge >= 0.3 is 0 Å². The van der Waals surface area contributed by atoms with Crippen molar-refractivity contribution in [3.63, 3.8) is 0 Å². The molecule has 0 bridgehead atoms. The molecule has 0 amide bonds. The molecule has 3 heteroatoms. The summed E-state index contributed by atoms with van der Waals surface area (Å²) in [5, 5.41) is 4.57. The zero-order chi connectivity index (χ0) is 11.8. The number of hydrogen-bond donors (Lipinski definition) is 1. The molecular formula is C14H17NO2. The highest BCUT2D eigenvalue weighted by atomic mass is 16.5. The number of fused-ring (bicyclic) bond motifs is 1.